The smallest absolute Gasteiger partial charge is 0.187 e. The second-order valence-corrected chi connectivity index (χ2v) is 7.12. The Kier molecular flexibility index (Phi) is 4.20. The van der Waals surface area contributed by atoms with Crippen LogP contribution in [0.1, 0.15) is 17.0 Å². The second kappa shape index (κ2) is 6.47. The highest BCUT2D eigenvalue weighted by Crippen LogP contribution is 2.26. The zero-order valence-corrected chi connectivity index (χ0v) is 14.5. The molecule has 3 aromatic rings. The van der Waals surface area contributed by atoms with Crippen LogP contribution in [0.3, 0.4) is 0 Å². The van der Waals surface area contributed by atoms with Crippen LogP contribution in [-0.2, 0) is 19.5 Å². The van der Waals surface area contributed by atoms with Crippen LogP contribution >= 0.6 is 23.1 Å². The van der Waals surface area contributed by atoms with Gasteiger partial charge in [0, 0.05) is 42.2 Å². The maximum atomic E-state index is 5.99. The fourth-order valence-corrected chi connectivity index (χ4v) is 3.84. The van der Waals surface area contributed by atoms with E-state index >= 15 is 0 Å². The number of hydrogen-bond acceptors (Lipinski definition) is 6. The Labute approximate surface area is 143 Å². The van der Waals surface area contributed by atoms with Gasteiger partial charge in [0.15, 0.2) is 5.16 Å². The highest BCUT2D eigenvalue weighted by molar-refractivity contribution is 7.98. The van der Waals surface area contributed by atoms with Crippen molar-refractivity contribution in [2.45, 2.75) is 24.7 Å². The van der Waals surface area contributed by atoms with Crippen LogP contribution < -0.4 is 0 Å². The fraction of sp³-hybridized carbons (Fsp3) is 0.294. The van der Waals surface area contributed by atoms with Gasteiger partial charge in [-0.05, 0) is 29.8 Å². The van der Waals surface area contributed by atoms with Crippen molar-refractivity contribution < 1.29 is 4.42 Å². The Bertz CT molecular complexity index is 798. The summed E-state index contributed by atoms with van der Waals surface area (Å²) in [7, 11) is 0. The molecule has 0 amide bonds. The van der Waals surface area contributed by atoms with E-state index in [-0.39, 0.29) is 0 Å². The van der Waals surface area contributed by atoms with Gasteiger partial charge in [0.25, 0.3) is 0 Å². The Morgan fingerprint density at radius 3 is 3.13 bits per heavy atom. The lowest BCUT2D eigenvalue weighted by molar-refractivity contribution is 0.223. The molecule has 0 bridgehead atoms. The molecular formula is C17H17N3OS2. The third-order valence-electron chi connectivity index (χ3n) is 4.02. The van der Waals surface area contributed by atoms with E-state index in [2.05, 4.69) is 43.8 Å². The quantitative estimate of drug-likeness (QED) is 0.527. The van der Waals surface area contributed by atoms with Crippen LogP contribution in [0.5, 0.6) is 0 Å². The largest absolute Gasteiger partial charge is 0.460 e. The Balaban J connectivity index is 1.46. The first kappa shape index (κ1) is 14.9. The van der Waals surface area contributed by atoms with Gasteiger partial charge in [-0.1, -0.05) is 11.8 Å². The van der Waals surface area contributed by atoms with Gasteiger partial charge < -0.3 is 4.42 Å². The summed E-state index contributed by atoms with van der Waals surface area (Å²) >= 11 is 3.29. The van der Waals surface area contributed by atoms with E-state index in [1.807, 2.05) is 12.5 Å². The molecule has 0 spiro atoms. The zero-order valence-electron chi connectivity index (χ0n) is 12.9. The van der Waals surface area contributed by atoms with Crippen LogP contribution in [-0.4, -0.2) is 27.7 Å². The number of hydrogen-bond donors (Lipinski definition) is 0. The van der Waals surface area contributed by atoms with Crippen molar-refractivity contribution in [3.63, 3.8) is 0 Å². The average Bonchev–Trinajstić information content (AvgIpc) is 3.25. The molecule has 1 aliphatic rings. The predicted molar refractivity (Wildman–Crippen MR) is 93.7 cm³/mol. The second-order valence-electron chi connectivity index (χ2n) is 5.57. The molecule has 4 nitrogen and oxygen atoms in total. The summed E-state index contributed by atoms with van der Waals surface area (Å²) in [5.74, 6) is 1.96. The molecule has 1 aliphatic heterocycles. The molecule has 0 saturated heterocycles. The molecule has 4 heterocycles. The van der Waals surface area contributed by atoms with Crippen molar-refractivity contribution in [3.05, 3.63) is 52.2 Å². The molecule has 0 radical (unpaired) electrons. The summed E-state index contributed by atoms with van der Waals surface area (Å²) in [6.45, 7) is 2.72. The van der Waals surface area contributed by atoms with Crippen LogP contribution in [0.4, 0.5) is 0 Å². The number of fused-ring (bicyclic) bond motifs is 1. The first-order chi connectivity index (χ1) is 11.3. The van der Waals surface area contributed by atoms with E-state index in [9.17, 15) is 0 Å². The SMILES string of the molecule is CSc1ncc2c(n1)CCN(Cc1ccc(-c3ccsc3)o1)C2. The van der Waals surface area contributed by atoms with E-state index in [1.165, 1.54) is 11.3 Å². The van der Waals surface area contributed by atoms with Crippen LogP contribution in [0.25, 0.3) is 11.3 Å². The molecule has 0 fully saturated rings. The number of nitrogens with zero attached hydrogens (tertiary/aromatic N) is 3. The van der Waals surface area contributed by atoms with Gasteiger partial charge >= 0.3 is 0 Å². The Morgan fingerprint density at radius 1 is 1.35 bits per heavy atom. The first-order valence-electron chi connectivity index (χ1n) is 7.54. The lowest BCUT2D eigenvalue weighted by Gasteiger charge is -2.27. The minimum Gasteiger partial charge on any atom is -0.460 e. The maximum Gasteiger partial charge on any atom is 0.187 e. The minimum atomic E-state index is 0.827. The maximum absolute atomic E-state index is 5.99. The molecule has 23 heavy (non-hydrogen) atoms. The van der Waals surface area contributed by atoms with Crippen molar-refractivity contribution in [2.24, 2.45) is 0 Å². The average molecular weight is 343 g/mol. The van der Waals surface area contributed by atoms with Crippen LogP contribution in [0.15, 0.2) is 44.7 Å². The summed E-state index contributed by atoms with van der Waals surface area (Å²) in [5, 5.41) is 5.05. The van der Waals surface area contributed by atoms with Gasteiger partial charge in [-0.2, -0.15) is 11.3 Å². The van der Waals surface area contributed by atoms with Gasteiger partial charge in [0.1, 0.15) is 11.5 Å². The summed E-state index contributed by atoms with van der Waals surface area (Å²) in [6.07, 6.45) is 4.96. The van der Waals surface area contributed by atoms with Crippen LogP contribution in [0, 0.1) is 0 Å². The van der Waals surface area contributed by atoms with Gasteiger partial charge in [-0.3, -0.25) is 4.90 Å². The number of thiophene rings is 1. The van der Waals surface area contributed by atoms with Crippen molar-refractivity contribution in [1.82, 2.24) is 14.9 Å². The normalized spacial score (nSPS) is 14.8. The molecule has 0 unspecified atom stereocenters. The first-order valence-corrected chi connectivity index (χ1v) is 9.71. The van der Waals surface area contributed by atoms with E-state index in [0.717, 1.165) is 48.3 Å². The molecule has 0 saturated carbocycles. The van der Waals surface area contributed by atoms with Crippen molar-refractivity contribution in [3.8, 4) is 11.3 Å². The lowest BCUT2D eigenvalue weighted by Crippen LogP contribution is -2.30. The zero-order chi connectivity index (χ0) is 15.6. The molecule has 0 N–H and O–H groups in total. The van der Waals surface area contributed by atoms with Gasteiger partial charge in [-0.15, -0.1) is 0 Å². The Morgan fingerprint density at radius 2 is 2.30 bits per heavy atom. The molecule has 4 rings (SSSR count). The van der Waals surface area contributed by atoms with Crippen LogP contribution in [0.2, 0.25) is 0 Å². The molecule has 0 aromatic carbocycles. The summed E-state index contributed by atoms with van der Waals surface area (Å²) in [5.41, 5.74) is 3.58. The third kappa shape index (κ3) is 3.20. The molecule has 0 atom stereocenters. The van der Waals surface area contributed by atoms with E-state index in [1.54, 1.807) is 23.1 Å². The number of rotatable bonds is 4. The highest BCUT2D eigenvalue weighted by atomic mass is 32.2. The summed E-state index contributed by atoms with van der Waals surface area (Å²) < 4.78 is 5.99. The predicted octanol–water partition coefficient (Wildman–Crippen LogP) is 4.08. The van der Waals surface area contributed by atoms with E-state index in [4.69, 9.17) is 4.42 Å². The standard InChI is InChI=1S/C17H17N3OS2/c1-22-17-18-8-13-9-20(6-4-15(13)19-17)10-14-2-3-16(21-14)12-5-7-23-11-12/h2-3,5,7-8,11H,4,6,9-10H2,1H3. The topological polar surface area (TPSA) is 42.2 Å². The Hall–Kier alpha value is -1.63. The van der Waals surface area contributed by atoms with Crippen molar-refractivity contribution in [1.29, 1.82) is 0 Å². The molecule has 3 aromatic heterocycles. The number of aromatic nitrogens is 2. The monoisotopic (exact) mass is 343 g/mol. The minimum absolute atomic E-state index is 0.827. The highest BCUT2D eigenvalue weighted by Gasteiger charge is 2.19. The number of furan rings is 1. The van der Waals surface area contributed by atoms with Gasteiger partial charge in [0.2, 0.25) is 0 Å². The fourth-order valence-electron chi connectivity index (χ4n) is 2.83. The molecule has 6 heteroatoms. The summed E-state index contributed by atoms with van der Waals surface area (Å²) in [4.78, 5) is 11.4. The van der Waals surface area contributed by atoms with Crippen molar-refractivity contribution in [2.75, 3.05) is 12.8 Å². The van der Waals surface area contributed by atoms with Crippen molar-refractivity contribution >= 4 is 23.1 Å². The molecule has 118 valence electrons. The van der Waals surface area contributed by atoms with Gasteiger partial charge in [0.05, 0.1) is 12.2 Å². The van der Waals surface area contributed by atoms with E-state index in [0.29, 0.717) is 0 Å². The van der Waals surface area contributed by atoms with E-state index < -0.39 is 0 Å². The third-order valence-corrected chi connectivity index (χ3v) is 5.27. The molecule has 0 aliphatic carbocycles. The summed E-state index contributed by atoms with van der Waals surface area (Å²) in [6, 6.07) is 6.23. The van der Waals surface area contributed by atoms with Gasteiger partial charge in [-0.25, -0.2) is 9.97 Å². The lowest BCUT2D eigenvalue weighted by atomic mass is 10.1. The molecular weight excluding hydrogens is 326 g/mol. The number of thioether (sulfide) groups is 1.